The average Bonchev–Trinajstić information content (AvgIpc) is 2.63. The van der Waals surface area contributed by atoms with Gasteiger partial charge < -0.3 is 11.1 Å². The van der Waals surface area contributed by atoms with Gasteiger partial charge in [0.25, 0.3) is 0 Å². The molecule has 1 aromatic carbocycles. The van der Waals surface area contributed by atoms with E-state index in [-0.39, 0.29) is 42.7 Å². The first-order valence-corrected chi connectivity index (χ1v) is 9.97. The van der Waals surface area contributed by atoms with Gasteiger partial charge in [0.1, 0.15) is 0 Å². The predicted octanol–water partition coefficient (Wildman–Crippen LogP) is 4.04. The number of rotatable bonds is 5. The molecule has 2 aliphatic rings. The van der Waals surface area contributed by atoms with Gasteiger partial charge >= 0.3 is 0 Å². The zero-order chi connectivity index (χ0) is 17.6. The van der Waals surface area contributed by atoms with E-state index in [2.05, 4.69) is 41.4 Å². The van der Waals surface area contributed by atoms with E-state index in [0.29, 0.717) is 12.6 Å². The molecule has 3 unspecified atom stereocenters. The molecular formula is C21H35Cl2N3O. The van der Waals surface area contributed by atoms with E-state index in [1.165, 1.54) is 36.9 Å². The van der Waals surface area contributed by atoms with Crippen molar-refractivity contribution >= 4 is 30.7 Å². The number of nitrogens with two attached hydrogens (primary N) is 1. The van der Waals surface area contributed by atoms with Crippen LogP contribution in [-0.2, 0) is 17.9 Å². The first kappa shape index (κ1) is 24.2. The lowest BCUT2D eigenvalue weighted by atomic mass is 9.85. The molecule has 3 N–H and O–H groups in total. The number of carbonyl (C=O) groups excluding carboxylic acids is 1. The number of hydrogen-bond donors (Lipinski definition) is 2. The minimum Gasteiger partial charge on any atom is -0.352 e. The van der Waals surface area contributed by atoms with Crippen LogP contribution in [0.15, 0.2) is 24.3 Å². The van der Waals surface area contributed by atoms with Gasteiger partial charge in [-0.15, -0.1) is 24.8 Å². The standard InChI is InChI=1S/C21H33N3O.2ClH/c1-16-5-2-3-12-24(16)15-18-10-8-17(9-11-18)14-23-21(25)19-6-4-7-20(22)13-19;;/h8-11,16,19-20H,2-7,12-15,22H2,1H3,(H,23,25);2*1H. The molecule has 0 radical (unpaired) electrons. The van der Waals surface area contributed by atoms with Crippen LogP contribution in [0.3, 0.4) is 0 Å². The highest BCUT2D eigenvalue weighted by atomic mass is 35.5. The Kier molecular flexibility index (Phi) is 10.7. The highest BCUT2D eigenvalue weighted by Gasteiger charge is 2.25. The number of likely N-dealkylation sites (tertiary alicyclic amines) is 1. The number of nitrogens with one attached hydrogen (secondary N) is 1. The number of hydrogen-bond acceptors (Lipinski definition) is 3. The minimum atomic E-state index is 0. The normalized spacial score (nSPS) is 25.8. The van der Waals surface area contributed by atoms with Gasteiger partial charge in [0.2, 0.25) is 5.91 Å². The van der Waals surface area contributed by atoms with Crippen molar-refractivity contribution in [3.8, 4) is 0 Å². The summed E-state index contributed by atoms with van der Waals surface area (Å²) in [5.74, 6) is 0.269. The summed E-state index contributed by atoms with van der Waals surface area (Å²) in [7, 11) is 0. The number of amides is 1. The summed E-state index contributed by atoms with van der Waals surface area (Å²) >= 11 is 0. The molecule has 1 aliphatic carbocycles. The highest BCUT2D eigenvalue weighted by Crippen LogP contribution is 2.23. The topological polar surface area (TPSA) is 58.4 Å². The zero-order valence-corrected chi connectivity index (χ0v) is 18.0. The molecule has 4 nitrogen and oxygen atoms in total. The van der Waals surface area contributed by atoms with Crippen molar-refractivity contribution in [1.29, 1.82) is 0 Å². The molecule has 1 saturated heterocycles. The molecule has 3 rings (SSSR count). The molecule has 1 heterocycles. The Labute approximate surface area is 176 Å². The molecule has 1 aromatic rings. The van der Waals surface area contributed by atoms with Crippen molar-refractivity contribution in [2.45, 2.75) is 77.0 Å². The van der Waals surface area contributed by atoms with Crippen LogP contribution < -0.4 is 11.1 Å². The van der Waals surface area contributed by atoms with Crippen molar-refractivity contribution in [3.05, 3.63) is 35.4 Å². The highest BCUT2D eigenvalue weighted by molar-refractivity contribution is 5.85. The van der Waals surface area contributed by atoms with Gasteiger partial charge in [-0.05, 0) is 56.7 Å². The predicted molar refractivity (Wildman–Crippen MR) is 116 cm³/mol. The molecule has 2 fully saturated rings. The van der Waals surface area contributed by atoms with Gasteiger partial charge in [0, 0.05) is 31.1 Å². The van der Waals surface area contributed by atoms with Crippen LogP contribution in [0.25, 0.3) is 0 Å². The van der Waals surface area contributed by atoms with Crippen molar-refractivity contribution in [3.63, 3.8) is 0 Å². The van der Waals surface area contributed by atoms with Crippen LogP contribution in [0.5, 0.6) is 0 Å². The molecule has 1 aliphatic heterocycles. The molecule has 0 bridgehead atoms. The summed E-state index contributed by atoms with van der Waals surface area (Å²) < 4.78 is 0. The smallest absolute Gasteiger partial charge is 0.223 e. The third kappa shape index (κ3) is 7.26. The lowest BCUT2D eigenvalue weighted by molar-refractivity contribution is -0.126. The SMILES string of the molecule is CC1CCCCN1Cc1ccc(CNC(=O)C2CCCC(N)C2)cc1.Cl.Cl. The van der Waals surface area contributed by atoms with Crippen LogP contribution in [0.2, 0.25) is 0 Å². The summed E-state index contributed by atoms with van der Waals surface area (Å²) in [4.78, 5) is 14.9. The third-order valence-electron chi connectivity index (χ3n) is 5.90. The number of carbonyl (C=O) groups is 1. The Morgan fingerprint density at radius 3 is 2.44 bits per heavy atom. The van der Waals surface area contributed by atoms with Crippen LogP contribution >= 0.6 is 24.8 Å². The monoisotopic (exact) mass is 415 g/mol. The lowest BCUT2D eigenvalue weighted by Crippen LogP contribution is -2.37. The van der Waals surface area contributed by atoms with Crippen molar-refractivity contribution < 1.29 is 4.79 Å². The Morgan fingerprint density at radius 2 is 1.78 bits per heavy atom. The summed E-state index contributed by atoms with van der Waals surface area (Å²) in [6.07, 6.45) is 7.94. The molecule has 0 aromatic heterocycles. The quantitative estimate of drug-likeness (QED) is 0.762. The van der Waals surface area contributed by atoms with Crippen LogP contribution in [0.4, 0.5) is 0 Å². The summed E-state index contributed by atoms with van der Waals surface area (Å²) in [5, 5.41) is 3.09. The van der Waals surface area contributed by atoms with E-state index in [9.17, 15) is 4.79 Å². The van der Waals surface area contributed by atoms with Crippen molar-refractivity contribution in [2.24, 2.45) is 11.7 Å². The number of benzene rings is 1. The molecule has 27 heavy (non-hydrogen) atoms. The van der Waals surface area contributed by atoms with Gasteiger partial charge in [-0.3, -0.25) is 9.69 Å². The minimum absolute atomic E-state index is 0. The van der Waals surface area contributed by atoms with E-state index in [1.54, 1.807) is 0 Å². The molecule has 154 valence electrons. The Bertz CT molecular complexity index is 567. The van der Waals surface area contributed by atoms with Crippen molar-refractivity contribution in [2.75, 3.05) is 6.54 Å². The van der Waals surface area contributed by atoms with E-state index in [1.807, 2.05) is 0 Å². The third-order valence-corrected chi connectivity index (χ3v) is 5.90. The Balaban J connectivity index is 0.00000182. The molecule has 1 saturated carbocycles. The molecule has 6 heteroatoms. The largest absolute Gasteiger partial charge is 0.352 e. The maximum Gasteiger partial charge on any atom is 0.223 e. The fourth-order valence-corrected chi connectivity index (χ4v) is 4.19. The second kappa shape index (κ2) is 11.9. The van der Waals surface area contributed by atoms with Crippen LogP contribution in [0.1, 0.15) is 63.0 Å². The summed E-state index contributed by atoms with van der Waals surface area (Å²) in [6.45, 7) is 5.20. The number of piperidine rings is 1. The van der Waals surface area contributed by atoms with E-state index < -0.39 is 0 Å². The summed E-state index contributed by atoms with van der Waals surface area (Å²) in [5.41, 5.74) is 8.52. The Morgan fingerprint density at radius 1 is 1.07 bits per heavy atom. The van der Waals surface area contributed by atoms with Gasteiger partial charge in [-0.1, -0.05) is 37.1 Å². The summed E-state index contributed by atoms with van der Waals surface area (Å²) in [6, 6.07) is 9.60. The molecule has 0 spiro atoms. The van der Waals surface area contributed by atoms with Gasteiger partial charge in [0.15, 0.2) is 0 Å². The Hall–Kier alpha value is -0.810. The van der Waals surface area contributed by atoms with Crippen LogP contribution in [0, 0.1) is 5.92 Å². The average molecular weight is 416 g/mol. The first-order valence-electron chi connectivity index (χ1n) is 9.97. The van der Waals surface area contributed by atoms with E-state index in [4.69, 9.17) is 5.73 Å². The maximum absolute atomic E-state index is 12.3. The van der Waals surface area contributed by atoms with Crippen molar-refractivity contribution in [1.82, 2.24) is 10.2 Å². The van der Waals surface area contributed by atoms with E-state index in [0.717, 1.165) is 32.2 Å². The molecule has 1 amide bonds. The lowest BCUT2D eigenvalue weighted by Gasteiger charge is -2.33. The number of halogens is 2. The molecule has 3 atom stereocenters. The zero-order valence-electron chi connectivity index (χ0n) is 16.4. The first-order chi connectivity index (χ1) is 12.1. The maximum atomic E-state index is 12.3. The van der Waals surface area contributed by atoms with Crippen LogP contribution in [-0.4, -0.2) is 29.4 Å². The number of nitrogens with zero attached hydrogens (tertiary/aromatic N) is 1. The second-order valence-electron chi connectivity index (χ2n) is 7.97. The van der Waals surface area contributed by atoms with Gasteiger partial charge in [-0.25, -0.2) is 0 Å². The molecular weight excluding hydrogens is 381 g/mol. The van der Waals surface area contributed by atoms with Gasteiger partial charge in [0.05, 0.1) is 0 Å². The fraction of sp³-hybridized carbons (Fsp3) is 0.667. The van der Waals surface area contributed by atoms with E-state index >= 15 is 0 Å². The van der Waals surface area contributed by atoms with Gasteiger partial charge in [-0.2, -0.15) is 0 Å². The fourth-order valence-electron chi connectivity index (χ4n) is 4.19. The second-order valence-corrected chi connectivity index (χ2v) is 7.97.